The molecule has 1 aliphatic rings. The molecule has 30 heavy (non-hydrogen) atoms. The molecule has 2 aromatic rings. The van der Waals surface area contributed by atoms with E-state index in [2.05, 4.69) is 9.64 Å². The maximum atomic E-state index is 12.7. The van der Waals surface area contributed by atoms with Gasteiger partial charge in [0.1, 0.15) is 5.75 Å². The number of hydrogen-bond acceptors (Lipinski definition) is 5. The molecule has 3 rings (SSSR count). The van der Waals surface area contributed by atoms with Gasteiger partial charge in [0.25, 0.3) is 0 Å². The van der Waals surface area contributed by atoms with Crippen LogP contribution in [0.5, 0.6) is 17.2 Å². The molecular weight excluding hydrogens is 394 g/mol. The number of ether oxygens (including phenoxy) is 3. The van der Waals surface area contributed by atoms with Gasteiger partial charge in [-0.25, -0.2) is 0 Å². The molecule has 0 aliphatic carbocycles. The predicted octanol–water partition coefficient (Wildman–Crippen LogP) is 3.67. The van der Waals surface area contributed by atoms with Crippen molar-refractivity contribution in [2.45, 2.75) is 6.61 Å². The Hall–Kier alpha value is -3.29. The van der Waals surface area contributed by atoms with E-state index in [9.17, 15) is 13.6 Å². The first kappa shape index (κ1) is 21.4. The monoisotopic (exact) mass is 418 g/mol. The third-order valence-corrected chi connectivity index (χ3v) is 4.85. The fourth-order valence-electron chi connectivity index (χ4n) is 3.30. The average Bonchev–Trinajstić information content (AvgIpc) is 2.78. The van der Waals surface area contributed by atoms with E-state index in [1.54, 1.807) is 24.1 Å². The number of piperazine rings is 1. The quantitative estimate of drug-likeness (QED) is 0.643. The Labute approximate surface area is 174 Å². The standard InChI is InChI=1S/C22H24F2N2O4/c1-28-18-7-4-6-17(15-18)25-11-13-26(14-12-25)20(27)10-9-16-5-3-8-19(29-2)21(16)30-22(23)24/h3-10,15,22H,11-14H2,1-2H3/b10-9+. The number of anilines is 1. The highest BCUT2D eigenvalue weighted by atomic mass is 19.3. The molecule has 0 saturated carbocycles. The number of rotatable bonds is 7. The summed E-state index contributed by atoms with van der Waals surface area (Å²) < 4.78 is 40.4. The predicted molar refractivity (Wildman–Crippen MR) is 110 cm³/mol. The van der Waals surface area contributed by atoms with Crippen LogP contribution in [0.4, 0.5) is 14.5 Å². The minimum absolute atomic E-state index is 0.0955. The molecule has 6 nitrogen and oxygen atoms in total. The SMILES string of the molecule is COc1cccc(N2CCN(C(=O)/C=C/c3cccc(OC)c3OC(F)F)CC2)c1. The fourth-order valence-corrected chi connectivity index (χ4v) is 3.30. The van der Waals surface area contributed by atoms with E-state index in [1.807, 2.05) is 24.3 Å². The number of para-hydroxylation sites is 1. The summed E-state index contributed by atoms with van der Waals surface area (Å²) in [5.41, 5.74) is 1.39. The first-order chi connectivity index (χ1) is 14.5. The molecule has 0 spiro atoms. The van der Waals surface area contributed by atoms with E-state index in [0.29, 0.717) is 31.7 Å². The number of benzene rings is 2. The lowest BCUT2D eigenvalue weighted by Gasteiger charge is -2.35. The van der Waals surface area contributed by atoms with Crippen molar-refractivity contribution in [2.75, 3.05) is 45.3 Å². The Morgan fingerprint density at radius 2 is 1.77 bits per heavy atom. The summed E-state index contributed by atoms with van der Waals surface area (Å²) >= 11 is 0. The largest absolute Gasteiger partial charge is 0.497 e. The normalized spacial score (nSPS) is 14.3. The Bertz CT molecular complexity index is 896. The number of alkyl halides is 2. The van der Waals surface area contributed by atoms with Crippen molar-refractivity contribution in [3.63, 3.8) is 0 Å². The number of hydrogen-bond donors (Lipinski definition) is 0. The average molecular weight is 418 g/mol. The number of amides is 1. The molecule has 0 aromatic heterocycles. The number of carbonyl (C=O) groups excluding carboxylic acids is 1. The van der Waals surface area contributed by atoms with Gasteiger partial charge in [0.2, 0.25) is 5.91 Å². The molecule has 8 heteroatoms. The molecule has 1 saturated heterocycles. The van der Waals surface area contributed by atoms with E-state index >= 15 is 0 Å². The summed E-state index contributed by atoms with van der Waals surface area (Å²) in [6.45, 7) is -0.511. The highest BCUT2D eigenvalue weighted by molar-refractivity contribution is 5.92. The molecule has 1 fully saturated rings. The second-order valence-corrected chi connectivity index (χ2v) is 6.60. The lowest BCUT2D eigenvalue weighted by molar-refractivity contribution is -0.126. The first-order valence-electron chi connectivity index (χ1n) is 9.49. The second-order valence-electron chi connectivity index (χ2n) is 6.60. The van der Waals surface area contributed by atoms with Crippen molar-refractivity contribution in [2.24, 2.45) is 0 Å². The number of halogens is 2. The number of nitrogens with zero attached hydrogens (tertiary/aromatic N) is 2. The Morgan fingerprint density at radius 1 is 1.03 bits per heavy atom. The van der Waals surface area contributed by atoms with Crippen LogP contribution < -0.4 is 19.1 Å². The zero-order chi connectivity index (χ0) is 21.5. The molecule has 1 amide bonds. The lowest BCUT2D eigenvalue weighted by Crippen LogP contribution is -2.48. The summed E-state index contributed by atoms with van der Waals surface area (Å²) in [7, 11) is 3.00. The molecule has 1 heterocycles. The van der Waals surface area contributed by atoms with E-state index in [-0.39, 0.29) is 17.4 Å². The van der Waals surface area contributed by atoms with Crippen LogP contribution in [-0.4, -0.2) is 57.8 Å². The van der Waals surface area contributed by atoms with Gasteiger partial charge in [-0.3, -0.25) is 4.79 Å². The smallest absolute Gasteiger partial charge is 0.387 e. The summed E-state index contributed by atoms with van der Waals surface area (Å²) in [5.74, 6) is 0.679. The fraction of sp³-hybridized carbons (Fsp3) is 0.318. The van der Waals surface area contributed by atoms with Crippen LogP contribution in [0.3, 0.4) is 0 Å². The van der Waals surface area contributed by atoms with Gasteiger partial charge in [0.05, 0.1) is 14.2 Å². The maximum absolute atomic E-state index is 12.7. The molecule has 0 bridgehead atoms. The number of methoxy groups -OCH3 is 2. The lowest BCUT2D eigenvalue weighted by atomic mass is 10.1. The molecule has 0 unspecified atom stereocenters. The van der Waals surface area contributed by atoms with Crippen LogP contribution in [0.1, 0.15) is 5.56 Å². The van der Waals surface area contributed by atoms with Gasteiger partial charge < -0.3 is 24.0 Å². The van der Waals surface area contributed by atoms with Gasteiger partial charge in [-0.05, 0) is 24.3 Å². The Balaban J connectivity index is 1.64. The minimum atomic E-state index is -2.99. The van der Waals surface area contributed by atoms with Gasteiger partial charge in [0.15, 0.2) is 11.5 Å². The van der Waals surface area contributed by atoms with Crippen molar-refractivity contribution in [1.29, 1.82) is 0 Å². The van der Waals surface area contributed by atoms with Crippen LogP contribution in [0.15, 0.2) is 48.5 Å². The van der Waals surface area contributed by atoms with E-state index in [1.165, 1.54) is 25.3 Å². The number of carbonyl (C=O) groups is 1. The van der Waals surface area contributed by atoms with Crippen molar-refractivity contribution < 1.29 is 27.8 Å². The first-order valence-corrected chi connectivity index (χ1v) is 9.49. The van der Waals surface area contributed by atoms with Gasteiger partial charge in [-0.2, -0.15) is 8.78 Å². The van der Waals surface area contributed by atoms with Crippen LogP contribution in [0.2, 0.25) is 0 Å². The highest BCUT2D eigenvalue weighted by Crippen LogP contribution is 2.33. The zero-order valence-electron chi connectivity index (χ0n) is 16.9. The van der Waals surface area contributed by atoms with E-state index in [0.717, 1.165) is 11.4 Å². The van der Waals surface area contributed by atoms with Gasteiger partial charge in [-0.15, -0.1) is 0 Å². The van der Waals surface area contributed by atoms with E-state index < -0.39 is 6.61 Å². The third kappa shape index (κ3) is 5.20. The van der Waals surface area contributed by atoms with Crippen LogP contribution in [0.25, 0.3) is 6.08 Å². The molecule has 160 valence electrons. The van der Waals surface area contributed by atoms with Crippen molar-refractivity contribution in [1.82, 2.24) is 4.90 Å². The van der Waals surface area contributed by atoms with Crippen molar-refractivity contribution >= 4 is 17.7 Å². The highest BCUT2D eigenvalue weighted by Gasteiger charge is 2.20. The molecule has 0 atom stereocenters. The minimum Gasteiger partial charge on any atom is -0.497 e. The Kier molecular flexibility index (Phi) is 7.11. The molecule has 0 N–H and O–H groups in total. The molecule has 2 aromatic carbocycles. The van der Waals surface area contributed by atoms with Gasteiger partial charge >= 0.3 is 6.61 Å². The summed E-state index contributed by atoms with van der Waals surface area (Å²) in [6, 6.07) is 12.5. The van der Waals surface area contributed by atoms with Gasteiger partial charge in [0, 0.05) is 49.6 Å². The van der Waals surface area contributed by atoms with E-state index in [4.69, 9.17) is 9.47 Å². The maximum Gasteiger partial charge on any atom is 0.387 e. The summed E-state index contributed by atoms with van der Waals surface area (Å²) in [5, 5.41) is 0. The van der Waals surface area contributed by atoms with Crippen LogP contribution in [0, 0.1) is 0 Å². The molecule has 1 aliphatic heterocycles. The zero-order valence-corrected chi connectivity index (χ0v) is 16.9. The summed E-state index contributed by atoms with van der Waals surface area (Å²) in [6.07, 6.45) is 2.84. The van der Waals surface area contributed by atoms with Crippen LogP contribution in [-0.2, 0) is 4.79 Å². The summed E-state index contributed by atoms with van der Waals surface area (Å²) in [4.78, 5) is 16.5. The molecular formula is C22H24F2N2O4. The van der Waals surface area contributed by atoms with Gasteiger partial charge in [-0.1, -0.05) is 18.2 Å². The topological polar surface area (TPSA) is 51.2 Å². The van der Waals surface area contributed by atoms with Crippen molar-refractivity contribution in [3.05, 3.63) is 54.1 Å². The van der Waals surface area contributed by atoms with Crippen LogP contribution >= 0.6 is 0 Å². The second kappa shape index (κ2) is 9.96. The third-order valence-electron chi connectivity index (χ3n) is 4.85. The van der Waals surface area contributed by atoms with Crippen molar-refractivity contribution in [3.8, 4) is 17.2 Å². The Morgan fingerprint density at radius 3 is 2.43 bits per heavy atom. The molecule has 0 radical (unpaired) electrons.